The highest BCUT2D eigenvalue weighted by molar-refractivity contribution is 9.10. The number of nitrogens with one attached hydrogen (secondary N) is 2. The first-order chi connectivity index (χ1) is 17.9. The maximum Gasteiger partial charge on any atom is 0.323 e. The van der Waals surface area contributed by atoms with Crippen LogP contribution < -0.4 is 5.69 Å². The molecule has 1 atom stereocenters. The molecule has 186 valence electrons. The zero-order chi connectivity index (χ0) is 25.5. The van der Waals surface area contributed by atoms with E-state index >= 15 is 0 Å². The van der Waals surface area contributed by atoms with Gasteiger partial charge >= 0.3 is 5.69 Å². The van der Waals surface area contributed by atoms with Gasteiger partial charge in [-0.2, -0.15) is 0 Å². The van der Waals surface area contributed by atoms with Gasteiger partial charge in [-0.1, -0.05) is 34.1 Å². The fourth-order valence-electron chi connectivity index (χ4n) is 4.74. The molecule has 0 unspecified atom stereocenters. The minimum absolute atomic E-state index is 0.0127. The van der Waals surface area contributed by atoms with Crippen molar-refractivity contribution in [2.24, 2.45) is 0 Å². The number of imidazole rings is 1. The first-order valence-electron chi connectivity index (χ1n) is 11.8. The van der Waals surface area contributed by atoms with Gasteiger partial charge in [-0.15, -0.1) is 0 Å². The van der Waals surface area contributed by atoms with Crippen LogP contribution in [0.4, 0.5) is 4.39 Å². The van der Waals surface area contributed by atoms with Crippen LogP contribution in [0, 0.1) is 5.82 Å². The predicted octanol–water partition coefficient (Wildman–Crippen LogP) is 5.32. The largest absolute Gasteiger partial charge is 0.344 e. The molecule has 7 nitrogen and oxygen atoms in total. The van der Waals surface area contributed by atoms with Crippen LogP contribution in [0.15, 0.2) is 88.4 Å². The van der Waals surface area contributed by atoms with Gasteiger partial charge in [0.05, 0.1) is 11.0 Å². The molecule has 37 heavy (non-hydrogen) atoms. The van der Waals surface area contributed by atoms with Crippen LogP contribution in [-0.4, -0.2) is 38.5 Å². The molecule has 3 heterocycles. The zero-order valence-electron chi connectivity index (χ0n) is 19.6. The molecule has 0 aliphatic carbocycles. The van der Waals surface area contributed by atoms with E-state index in [0.717, 1.165) is 43.4 Å². The maximum absolute atomic E-state index is 13.7. The number of H-pyrrole nitrogens is 2. The van der Waals surface area contributed by atoms with Crippen molar-refractivity contribution in [1.82, 2.24) is 19.4 Å². The number of nitrogens with zero attached hydrogens (tertiary/aromatic N) is 2. The molecule has 1 saturated heterocycles. The summed E-state index contributed by atoms with van der Waals surface area (Å²) in [4.78, 5) is 31.7. The second-order valence-electron chi connectivity index (χ2n) is 8.98. The highest BCUT2D eigenvalue weighted by Crippen LogP contribution is 2.37. The Balaban J connectivity index is 1.34. The Morgan fingerprint density at radius 2 is 1.70 bits per heavy atom. The van der Waals surface area contributed by atoms with Crippen LogP contribution in [-0.2, 0) is 16.0 Å². The summed E-state index contributed by atoms with van der Waals surface area (Å²) in [5.74, 6) is -0.408. The molecule has 0 spiro atoms. The number of benzene rings is 3. The van der Waals surface area contributed by atoms with Crippen molar-refractivity contribution in [3.05, 3.63) is 111 Å². The van der Waals surface area contributed by atoms with E-state index in [2.05, 4.69) is 25.9 Å². The lowest BCUT2D eigenvalue weighted by Gasteiger charge is -2.24. The molecule has 0 bridgehead atoms. The average molecular weight is 561 g/mol. The Morgan fingerprint density at radius 3 is 2.49 bits per heavy atom. The van der Waals surface area contributed by atoms with Gasteiger partial charge in [0.25, 0.3) is 5.91 Å². The summed E-state index contributed by atoms with van der Waals surface area (Å²) < 4.78 is 22.6. The van der Waals surface area contributed by atoms with Crippen molar-refractivity contribution >= 4 is 32.9 Å². The van der Waals surface area contributed by atoms with Gasteiger partial charge < -0.3 is 24.2 Å². The number of rotatable bonds is 6. The first kappa shape index (κ1) is 23.4. The number of ether oxygens (including phenoxy) is 1. The van der Waals surface area contributed by atoms with E-state index in [0.29, 0.717) is 13.0 Å². The number of fused-ring (bicyclic) bond motifs is 1. The maximum atomic E-state index is 13.7. The van der Waals surface area contributed by atoms with Gasteiger partial charge in [0.2, 0.25) is 0 Å². The third kappa shape index (κ3) is 4.63. The highest BCUT2D eigenvalue weighted by Gasteiger charge is 2.35. The fourth-order valence-corrected chi connectivity index (χ4v) is 5.00. The van der Waals surface area contributed by atoms with Crippen LogP contribution in [0.3, 0.4) is 0 Å². The molecule has 9 heteroatoms. The fraction of sp³-hybridized carbons (Fsp3) is 0.143. The molecule has 1 aliphatic rings. The Labute approximate surface area is 219 Å². The number of aromatic amines is 2. The summed E-state index contributed by atoms with van der Waals surface area (Å²) in [6.45, 7) is 0.428. The van der Waals surface area contributed by atoms with Crippen LogP contribution in [0.1, 0.15) is 17.4 Å². The molecule has 5 aromatic rings. The molecule has 1 fully saturated rings. The predicted molar refractivity (Wildman–Crippen MR) is 142 cm³/mol. The number of aromatic nitrogens is 3. The minimum Gasteiger partial charge on any atom is -0.344 e. The topological polar surface area (TPSA) is 83.1 Å². The lowest BCUT2D eigenvalue weighted by molar-refractivity contribution is -0.128. The molecule has 6 rings (SSSR count). The summed E-state index contributed by atoms with van der Waals surface area (Å²) in [7, 11) is 0. The van der Waals surface area contributed by atoms with Crippen molar-refractivity contribution in [2.75, 3.05) is 13.2 Å². The van der Waals surface area contributed by atoms with Gasteiger partial charge in [-0.05, 0) is 66.1 Å². The lowest BCUT2D eigenvalue weighted by atomic mass is 10.0. The standard InChI is InChI=1S/C28H22BrFN4O3/c29-19-4-8-21(9-5-19)33-14-22(18-2-6-20(30)7-3-18)23(15-33)27-34(26(35)16-37-27)12-11-17-1-10-24-25(13-17)32-28(36)31-24/h1-10,13-15,27H,11-12,16H2,(H2,31,32,36)/t27-/m0/s1. The molecule has 0 radical (unpaired) electrons. The number of halogens is 2. The van der Waals surface area contributed by atoms with E-state index in [4.69, 9.17) is 4.74 Å². The van der Waals surface area contributed by atoms with Crippen LogP contribution >= 0.6 is 15.9 Å². The molecule has 1 aliphatic heterocycles. The Hall–Kier alpha value is -3.95. The summed E-state index contributed by atoms with van der Waals surface area (Å²) in [6.07, 6.45) is 3.95. The number of hydrogen-bond acceptors (Lipinski definition) is 3. The van der Waals surface area contributed by atoms with Crippen molar-refractivity contribution in [3.8, 4) is 16.8 Å². The average Bonchev–Trinajstić information content (AvgIpc) is 3.59. The van der Waals surface area contributed by atoms with Crippen molar-refractivity contribution in [2.45, 2.75) is 12.6 Å². The van der Waals surface area contributed by atoms with Crippen LogP contribution in [0.5, 0.6) is 0 Å². The van der Waals surface area contributed by atoms with E-state index in [1.54, 1.807) is 17.0 Å². The quantitative estimate of drug-likeness (QED) is 0.295. The number of hydrogen-bond donors (Lipinski definition) is 2. The smallest absolute Gasteiger partial charge is 0.323 e. The SMILES string of the molecule is O=C1CO[C@@H](c2cn(-c3ccc(Br)cc3)cc2-c2ccc(F)cc2)N1CCc1ccc2[nH]c(=O)[nH]c2c1. The molecular formula is C28H22BrFN4O3. The van der Waals surface area contributed by atoms with Crippen molar-refractivity contribution in [1.29, 1.82) is 0 Å². The van der Waals surface area contributed by atoms with E-state index in [-0.39, 0.29) is 24.0 Å². The number of carbonyl (C=O) groups excluding carboxylic acids is 1. The minimum atomic E-state index is -0.583. The second-order valence-corrected chi connectivity index (χ2v) is 9.89. The number of carbonyl (C=O) groups is 1. The van der Waals surface area contributed by atoms with Crippen molar-refractivity contribution < 1.29 is 13.9 Å². The first-order valence-corrected chi connectivity index (χ1v) is 12.6. The summed E-state index contributed by atoms with van der Waals surface area (Å²) >= 11 is 3.47. The second kappa shape index (κ2) is 9.49. The molecule has 2 aromatic heterocycles. The third-order valence-corrected chi connectivity index (χ3v) is 7.12. The summed E-state index contributed by atoms with van der Waals surface area (Å²) in [5.41, 5.74) is 5.68. The molecular weight excluding hydrogens is 539 g/mol. The van der Waals surface area contributed by atoms with E-state index in [1.807, 2.05) is 59.4 Å². The molecule has 3 aromatic carbocycles. The lowest BCUT2D eigenvalue weighted by Crippen LogP contribution is -2.30. The van der Waals surface area contributed by atoms with Crippen LogP contribution in [0.2, 0.25) is 0 Å². The van der Waals surface area contributed by atoms with Gasteiger partial charge in [-0.3, -0.25) is 4.79 Å². The molecule has 0 saturated carbocycles. The Bertz CT molecular complexity index is 1650. The monoisotopic (exact) mass is 560 g/mol. The molecule has 2 N–H and O–H groups in total. The summed E-state index contributed by atoms with van der Waals surface area (Å²) in [6, 6.07) is 19.9. The van der Waals surface area contributed by atoms with Crippen molar-refractivity contribution in [3.63, 3.8) is 0 Å². The van der Waals surface area contributed by atoms with E-state index in [9.17, 15) is 14.0 Å². The van der Waals surface area contributed by atoms with Gasteiger partial charge in [0.1, 0.15) is 12.4 Å². The summed E-state index contributed by atoms with van der Waals surface area (Å²) in [5, 5.41) is 0. The highest BCUT2D eigenvalue weighted by atomic mass is 79.9. The van der Waals surface area contributed by atoms with Gasteiger partial charge in [-0.25, -0.2) is 9.18 Å². The number of amides is 1. The third-order valence-electron chi connectivity index (χ3n) is 6.59. The van der Waals surface area contributed by atoms with E-state index < -0.39 is 6.23 Å². The van der Waals surface area contributed by atoms with Gasteiger partial charge in [0.15, 0.2) is 6.23 Å². The molecule has 1 amide bonds. The zero-order valence-corrected chi connectivity index (χ0v) is 21.2. The van der Waals surface area contributed by atoms with Crippen LogP contribution in [0.25, 0.3) is 27.8 Å². The Kier molecular flexibility index (Phi) is 6.02. The Morgan fingerprint density at radius 1 is 0.946 bits per heavy atom. The van der Waals surface area contributed by atoms with E-state index in [1.165, 1.54) is 12.1 Å². The van der Waals surface area contributed by atoms with Gasteiger partial charge in [0, 0.05) is 40.2 Å². The normalized spacial score (nSPS) is 15.7.